The van der Waals surface area contributed by atoms with Crippen LogP contribution < -0.4 is 5.32 Å². The molecule has 0 atom stereocenters. The molecule has 1 aromatic heterocycles. The van der Waals surface area contributed by atoms with Crippen LogP contribution in [0.2, 0.25) is 0 Å². The van der Waals surface area contributed by atoms with Gasteiger partial charge < -0.3 is 5.32 Å². The van der Waals surface area contributed by atoms with Crippen molar-refractivity contribution in [2.24, 2.45) is 7.05 Å². The van der Waals surface area contributed by atoms with Crippen LogP contribution in [0.1, 0.15) is 17.2 Å². The van der Waals surface area contributed by atoms with Crippen LogP contribution in [0.4, 0.5) is 13.2 Å². The molecule has 2 heterocycles. The van der Waals surface area contributed by atoms with Gasteiger partial charge in [-0.2, -0.15) is 18.3 Å². The third kappa shape index (κ3) is 1.50. The van der Waals surface area contributed by atoms with Gasteiger partial charge in [0.15, 0.2) is 5.69 Å². The SMILES string of the molecule is Cn1cc(C2CNC2)c(C(F)(F)F)n1. The number of nitrogens with zero attached hydrogens (tertiary/aromatic N) is 2. The second kappa shape index (κ2) is 2.98. The maximum atomic E-state index is 12.5. The van der Waals surface area contributed by atoms with Crippen molar-refractivity contribution in [1.82, 2.24) is 15.1 Å². The molecule has 0 unspecified atom stereocenters. The third-order valence-corrected chi connectivity index (χ3v) is 2.35. The molecule has 14 heavy (non-hydrogen) atoms. The number of aromatic nitrogens is 2. The Balaban J connectivity index is 2.37. The molecule has 1 aliphatic rings. The standard InChI is InChI=1S/C8H10F3N3/c1-14-4-6(5-2-12-3-5)7(13-14)8(9,10)11/h4-5,12H,2-3H2,1H3. The van der Waals surface area contributed by atoms with Crippen LogP contribution in [0.5, 0.6) is 0 Å². The van der Waals surface area contributed by atoms with Gasteiger partial charge in [0.1, 0.15) is 0 Å². The van der Waals surface area contributed by atoms with Crippen LogP contribution >= 0.6 is 0 Å². The Morgan fingerprint density at radius 1 is 1.50 bits per heavy atom. The number of alkyl halides is 3. The molecule has 6 heteroatoms. The van der Waals surface area contributed by atoms with Gasteiger partial charge in [-0.25, -0.2) is 0 Å². The highest BCUT2D eigenvalue weighted by Gasteiger charge is 2.39. The van der Waals surface area contributed by atoms with Crippen LogP contribution in [0, 0.1) is 0 Å². The summed E-state index contributed by atoms with van der Waals surface area (Å²) in [6.07, 6.45) is -2.89. The van der Waals surface area contributed by atoms with Crippen molar-refractivity contribution in [2.45, 2.75) is 12.1 Å². The van der Waals surface area contributed by atoms with Crippen molar-refractivity contribution >= 4 is 0 Å². The molecule has 0 bridgehead atoms. The minimum absolute atomic E-state index is 0.0414. The van der Waals surface area contributed by atoms with Crippen LogP contribution in [0.15, 0.2) is 6.20 Å². The van der Waals surface area contributed by atoms with E-state index in [-0.39, 0.29) is 5.92 Å². The molecule has 1 aliphatic heterocycles. The van der Waals surface area contributed by atoms with Gasteiger partial charge in [0.2, 0.25) is 0 Å². The van der Waals surface area contributed by atoms with Gasteiger partial charge in [0.25, 0.3) is 0 Å². The first kappa shape index (κ1) is 9.51. The van der Waals surface area contributed by atoms with E-state index in [0.717, 1.165) is 0 Å². The smallest absolute Gasteiger partial charge is 0.315 e. The van der Waals surface area contributed by atoms with Gasteiger partial charge in [0.05, 0.1) is 0 Å². The Labute approximate surface area is 78.9 Å². The fraction of sp³-hybridized carbons (Fsp3) is 0.625. The Hall–Kier alpha value is -1.04. The Bertz CT molecular complexity index is 338. The van der Waals surface area contributed by atoms with E-state index in [1.807, 2.05) is 0 Å². The lowest BCUT2D eigenvalue weighted by molar-refractivity contribution is -0.142. The maximum absolute atomic E-state index is 12.5. The molecule has 0 radical (unpaired) electrons. The summed E-state index contributed by atoms with van der Waals surface area (Å²) in [7, 11) is 1.50. The predicted molar refractivity (Wildman–Crippen MR) is 43.8 cm³/mol. The van der Waals surface area contributed by atoms with E-state index < -0.39 is 11.9 Å². The van der Waals surface area contributed by atoms with E-state index in [1.54, 1.807) is 0 Å². The lowest BCUT2D eigenvalue weighted by Crippen LogP contribution is -2.40. The van der Waals surface area contributed by atoms with Gasteiger partial charge >= 0.3 is 6.18 Å². The summed E-state index contributed by atoms with van der Waals surface area (Å²) in [6.45, 7) is 1.21. The summed E-state index contributed by atoms with van der Waals surface area (Å²) in [5.74, 6) is -0.0414. The monoisotopic (exact) mass is 205 g/mol. The highest BCUT2D eigenvalue weighted by atomic mass is 19.4. The first-order chi connectivity index (χ1) is 6.48. The molecule has 1 fully saturated rings. The van der Waals surface area contributed by atoms with Gasteiger partial charge in [-0.15, -0.1) is 0 Å². The van der Waals surface area contributed by atoms with Crippen molar-refractivity contribution in [1.29, 1.82) is 0 Å². The highest BCUT2D eigenvalue weighted by Crippen LogP contribution is 2.34. The first-order valence-corrected chi connectivity index (χ1v) is 4.30. The van der Waals surface area contributed by atoms with Crippen molar-refractivity contribution in [3.63, 3.8) is 0 Å². The molecule has 3 nitrogen and oxygen atoms in total. The number of halogens is 3. The van der Waals surface area contributed by atoms with Gasteiger partial charge in [-0.05, 0) is 0 Å². The van der Waals surface area contributed by atoms with E-state index in [1.165, 1.54) is 17.9 Å². The maximum Gasteiger partial charge on any atom is 0.435 e. The molecule has 2 rings (SSSR count). The second-order valence-corrected chi connectivity index (χ2v) is 3.46. The Morgan fingerprint density at radius 2 is 2.14 bits per heavy atom. The van der Waals surface area contributed by atoms with E-state index in [9.17, 15) is 13.2 Å². The lowest BCUT2D eigenvalue weighted by atomic mass is 9.94. The lowest BCUT2D eigenvalue weighted by Gasteiger charge is -2.27. The molecular weight excluding hydrogens is 195 g/mol. The number of hydrogen-bond donors (Lipinski definition) is 1. The number of nitrogens with one attached hydrogen (secondary N) is 1. The predicted octanol–water partition coefficient (Wildman–Crippen LogP) is 1.13. The van der Waals surface area contributed by atoms with Crippen LogP contribution in [-0.4, -0.2) is 22.9 Å². The number of rotatable bonds is 1. The third-order valence-electron chi connectivity index (χ3n) is 2.35. The normalized spacial score (nSPS) is 18.3. The van der Waals surface area contributed by atoms with E-state index in [0.29, 0.717) is 18.7 Å². The van der Waals surface area contributed by atoms with E-state index in [2.05, 4.69) is 10.4 Å². The Morgan fingerprint density at radius 3 is 2.57 bits per heavy atom. The average Bonchev–Trinajstić information content (AvgIpc) is 2.26. The van der Waals surface area contributed by atoms with E-state index in [4.69, 9.17) is 0 Å². The minimum Gasteiger partial charge on any atom is -0.315 e. The topological polar surface area (TPSA) is 29.9 Å². The zero-order valence-electron chi connectivity index (χ0n) is 7.60. The summed E-state index contributed by atoms with van der Waals surface area (Å²) in [5.41, 5.74) is -0.440. The zero-order chi connectivity index (χ0) is 10.3. The quantitative estimate of drug-likeness (QED) is 0.744. The molecular formula is C8H10F3N3. The van der Waals surface area contributed by atoms with Gasteiger partial charge in [-0.3, -0.25) is 4.68 Å². The summed E-state index contributed by atoms with van der Waals surface area (Å²) < 4.78 is 38.7. The summed E-state index contributed by atoms with van der Waals surface area (Å²) in [4.78, 5) is 0. The van der Waals surface area contributed by atoms with Gasteiger partial charge in [0, 0.05) is 37.8 Å². The van der Waals surface area contributed by atoms with Crippen molar-refractivity contribution < 1.29 is 13.2 Å². The molecule has 1 aromatic rings. The molecule has 78 valence electrons. The van der Waals surface area contributed by atoms with Crippen molar-refractivity contribution in [2.75, 3.05) is 13.1 Å². The van der Waals surface area contributed by atoms with Gasteiger partial charge in [-0.1, -0.05) is 0 Å². The van der Waals surface area contributed by atoms with Crippen molar-refractivity contribution in [3.8, 4) is 0 Å². The molecule has 1 saturated heterocycles. The minimum atomic E-state index is -4.34. The van der Waals surface area contributed by atoms with E-state index >= 15 is 0 Å². The largest absolute Gasteiger partial charge is 0.435 e. The zero-order valence-corrected chi connectivity index (χ0v) is 7.60. The average molecular weight is 205 g/mol. The van der Waals surface area contributed by atoms with Crippen LogP contribution in [0.3, 0.4) is 0 Å². The molecule has 0 aromatic carbocycles. The molecule has 0 spiro atoms. The van der Waals surface area contributed by atoms with Crippen LogP contribution in [-0.2, 0) is 13.2 Å². The molecule has 0 aliphatic carbocycles. The molecule has 1 N–H and O–H groups in total. The number of hydrogen-bond acceptors (Lipinski definition) is 2. The van der Waals surface area contributed by atoms with Crippen molar-refractivity contribution in [3.05, 3.63) is 17.5 Å². The second-order valence-electron chi connectivity index (χ2n) is 3.46. The summed E-state index contributed by atoms with van der Waals surface area (Å²) in [6, 6.07) is 0. The highest BCUT2D eigenvalue weighted by molar-refractivity contribution is 5.27. The molecule has 0 saturated carbocycles. The Kier molecular flexibility index (Phi) is 2.02. The summed E-state index contributed by atoms with van der Waals surface area (Å²) in [5, 5.41) is 6.39. The first-order valence-electron chi connectivity index (χ1n) is 4.30. The summed E-state index contributed by atoms with van der Waals surface area (Å²) >= 11 is 0. The fourth-order valence-electron chi connectivity index (χ4n) is 1.53. The molecule has 0 amide bonds. The number of aryl methyl sites for hydroxylation is 1. The fourth-order valence-corrected chi connectivity index (χ4v) is 1.53. The van der Waals surface area contributed by atoms with Crippen LogP contribution in [0.25, 0.3) is 0 Å².